The number of ether oxygens (including phenoxy) is 2. The first kappa shape index (κ1) is 19.0. The smallest absolute Gasteiger partial charge is 0.280 e. The van der Waals surface area contributed by atoms with Crippen LogP contribution >= 0.6 is 11.6 Å². The van der Waals surface area contributed by atoms with Crippen LogP contribution in [-0.4, -0.2) is 37.8 Å². The van der Waals surface area contributed by atoms with E-state index in [-0.39, 0.29) is 11.4 Å². The first-order valence-electron chi connectivity index (χ1n) is 10.2. The van der Waals surface area contributed by atoms with Crippen LogP contribution in [0.2, 0.25) is 5.02 Å². The van der Waals surface area contributed by atoms with Crippen LogP contribution in [0.4, 0.5) is 0 Å². The Bertz CT molecular complexity index is 1390. The number of methoxy groups -OCH3 is 1. The van der Waals surface area contributed by atoms with E-state index in [9.17, 15) is 4.79 Å². The molecule has 0 radical (unpaired) electrons. The van der Waals surface area contributed by atoms with Crippen molar-refractivity contribution in [2.75, 3.05) is 13.7 Å². The number of hydrogen-bond acceptors (Lipinski definition) is 7. The molecule has 9 nitrogen and oxygen atoms in total. The van der Waals surface area contributed by atoms with Gasteiger partial charge < -0.3 is 14.0 Å². The molecule has 160 valence electrons. The Morgan fingerprint density at radius 3 is 2.77 bits per heavy atom. The maximum absolute atomic E-state index is 13.9. The number of hydrogen-bond donors (Lipinski definition) is 0. The molecular formula is C21H20ClN5O4. The monoisotopic (exact) mass is 441 g/mol. The molecule has 2 fully saturated rings. The highest BCUT2D eigenvalue weighted by Gasteiger charge is 2.50. The second-order valence-corrected chi connectivity index (χ2v) is 8.72. The molecule has 1 saturated heterocycles. The van der Waals surface area contributed by atoms with Gasteiger partial charge in [-0.25, -0.2) is 4.98 Å². The number of benzene rings is 1. The van der Waals surface area contributed by atoms with Crippen LogP contribution in [0.1, 0.15) is 38.5 Å². The molecule has 3 aromatic heterocycles. The number of imidazole rings is 1. The number of nitrogens with zero attached hydrogens (tertiary/aromatic N) is 5. The molecule has 0 N–H and O–H groups in total. The van der Waals surface area contributed by atoms with Gasteiger partial charge in [0.25, 0.3) is 11.4 Å². The molecule has 4 aromatic rings. The van der Waals surface area contributed by atoms with Gasteiger partial charge in [-0.2, -0.15) is 4.98 Å². The molecule has 4 heterocycles. The maximum Gasteiger partial charge on any atom is 0.280 e. The van der Waals surface area contributed by atoms with Crippen molar-refractivity contribution < 1.29 is 14.0 Å². The zero-order chi connectivity index (χ0) is 21.4. The van der Waals surface area contributed by atoms with E-state index in [1.165, 1.54) is 0 Å². The van der Waals surface area contributed by atoms with Crippen LogP contribution in [0.3, 0.4) is 0 Å². The number of para-hydroxylation sites is 1. The minimum Gasteiger partial charge on any atom is -0.368 e. The largest absolute Gasteiger partial charge is 0.368 e. The third kappa shape index (κ3) is 2.57. The minimum absolute atomic E-state index is 0.253. The lowest BCUT2D eigenvalue weighted by molar-refractivity contribution is -0.0447. The predicted octanol–water partition coefficient (Wildman–Crippen LogP) is 3.47. The van der Waals surface area contributed by atoms with Crippen LogP contribution < -0.4 is 5.56 Å². The van der Waals surface area contributed by atoms with E-state index in [2.05, 4.69) is 15.1 Å². The number of rotatable bonds is 4. The van der Waals surface area contributed by atoms with E-state index in [0.29, 0.717) is 40.7 Å². The summed E-state index contributed by atoms with van der Waals surface area (Å²) >= 11 is 6.57. The molecule has 0 bridgehead atoms. The summed E-state index contributed by atoms with van der Waals surface area (Å²) < 4.78 is 20.4. The van der Waals surface area contributed by atoms with E-state index in [1.54, 1.807) is 28.5 Å². The Hall–Kier alpha value is -2.75. The van der Waals surface area contributed by atoms with Crippen molar-refractivity contribution in [3.8, 4) is 11.5 Å². The van der Waals surface area contributed by atoms with Crippen molar-refractivity contribution in [2.24, 2.45) is 0 Å². The van der Waals surface area contributed by atoms with Gasteiger partial charge in [0, 0.05) is 13.7 Å². The molecule has 31 heavy (non-hydrogen) atoms. The maximum atomic E-state index is 13.9. The van der Waals surface area contributed by atoms with Gasteiger partial charge in [0.05, 0.1) is 16.1 Å². The normalized spacial score (nSPS) is 22.5. The third-order valence-electron chi connectivity index (χ3n) is 6.42. The summed E-state index contributed by atoms with van der Waals surface area (Å²) in [6, 6.07) is 5.52. The van der Waals surface area contributed by atoms with Gasteiger partial charge in [-0.05, 0) is 44.7 Å². The van der Waals surface area contributed by atoms with Crippen molar-refractivity contribution >= 4 is 28.2 Å². The highest BCUT2D eigenvalue weighted by molar-refractivity contribution is 6.35. The van der Waals surface area contributed by atoms with Gasteiger partial charge in [-0.15, -0.1) is 0 Å². The van der Waals surface area contributed by atoms with Crippen LogP contribution in [0.5, 0.6) is 0 Å². The average Bonchev–Trinajstić information content (AvgIpc) is 3.13. The summed E-state index contributed by atoms with van der Waals surface area (Å²) in [4.78, 5) is 22.9. The molecule has 1 aromatic carbocycles. The fraction of sp³-hybridized carbons (Fsp3) is 0.429. The van der Waals surface area contributed by atoms with Crippen molar-refractivity contribution in [3.63, 3.8) is 0 Å². The zero-order valence-electron chi connectivity index (χ0n) is 17.1. The fourth-order valence-corrected chi connectivity index (χ4v) is 4.80. The van der Waals surface area contributed by atoms with Gasteiger partial charge in [0.15, 0.2) is 0 Å². The molecule has 1 saturated carbocycles. The first-order chi connectivity index (χ1) is 15.0. The molecule has 1 aliphatic heterocycles. The standard InChI is InChI=1S/C21H20ClN5O4/c1-20(7-4-10-30-20)27-15-12(22)5-3-6-13(15)26-11-23-14(16(26)18(27)28)17-24-19(31-25-17)21(29-2)8-9-21/h3,5-6,11H,4,7-10H2,1-2H3. The fourth-order valence-electron chi connectivity index (χ4n) is 4.54. The Labute approximate surface area is 181 Å². The molecule has 1 unspecified atom stereocenters. The van der Waals surface area contributed by atoms with Crippen LogP contribution in [-0.2, 0) is 20.8 Å². The lowest BCUT2D eigenvalue weighted by atomic mass is 10.1. The summed E-state index contributed by atoms with van der Waals surface area (Å²) in [5.74, 6) is 0.657. The first-order valence-corrected chi connectivity index (χ1v) is 10.6. The molecule has 10 heteroatoms. The summed E-state index contributed by atoms with van der Waals surface area (Å²) in [5, 5.41) is 4.57. The van der Waals surface area contributed by atoms with Crippen molar-refractivity contribution in [2.45, 2.75) is 43.9 Å². The Morgan fingerprint density at radius 1 is 1.23 bits per heavy atom. The number of fused-ring (bicyclic) bond motifs is 3. The topological polar surface area (TPSA) is 96.7 Å². The SMILES string of the molecule is COC1(c2nc(-c3ncn4c3c(=O)n(C3(C)CCCO3)c3c(Cl)cccc34)no2)CC1. The lowest BCUT2D eigenvalue weighted by Crippen LogP contribution is -2.39. The molecule has 1 atom stereocenters. The molecule has 0 spiro atoms. The molecule has 2 aliphatic rings. The molecule has 6 rings (SSSR count). The second-order valence-electron chi connectivity index (χ2n) is 8.31. The molecule has 1 aliphatic carbocycles. The van der Waals surface area contributed by atoms with Crippen molar-refractivity contribution in [1.82, 2.24) is 24.1 Å². The predicted molar refractivity (Wildman–Crippen MR) is 112 cm³/mol. The Balaban J connectivity index is 1.66. The summed E-state index contributed by atoms with van der Waals surface area (Å²) in [7, 11) is 1.62. The summed E-state index contributed by atoms with van der Waals surface area (Å²) in [6.45, 7) is 2.50. The number of halogens is 1. The van der Waals surface area contributed by atoms with Crippen LogP contribution in [0.25, 0.3) is 28.1 Å². The Kier molecular flexibility index (Phi) is 3.91. The third-order valence-corrected chi connectivity index (χ3v) is 6.72. The van der Waals surface area contributed by atoms with E-state index < -0.39 is 11.3 Å². The van der Waals surface area contributed by atoms with Crippen LogP contribution in [0.15, 0.2) is 33.8 Å². The van der Waals surface area contributed by atoms with Gasteiger partial charge in [-0.3, -0.25) is 13.8 Å². The van der Waals surface area contributed by atoms with Gasteiger partial charge in [0.1, 0.15) is 28.9 Å². The molecular weight excluding hydrogens is 422 g/mol. The summed E-state index contributed by atoms with van der Waals surface area (Å²) in [5.41, 5.74) is 0.464. The quantitative estimate of drug-likeness (QED) is 0.478. The second kappa shape index (κ2) is 6.38. The van der Waals surface area contributed by atoms with Crippen LogP contribution in [0, 0.1) is 0 Å². The van der Waals surface area contributed by atoms with Gasteiger partial charge >= 0.3 is 0 Å². The minimum atomic E-state index is -0.805. The molecule has 0 amide bonds. The lowest BCUT2D eigenvalue weighted by Gasteiger charge is -2.28. The van der Waals surface area contributed by atoms with E-state index in [4.69, 9.17) is 25.6 Å². The average molecular weight is 442 g/mol. The van der Waals surface area contributed by atoms with E-state index >= 15 is 0 Å². The van der Waals surface area contributed by atoms with Gasteiger partial charge in [-0.1, -0.05) is 22.8 Å². The highest BCUT2D eigenvalue weighted by Crippen LogP contribution is 2.48. The highest BCUT2D eigenvalue weighted by atomic mass is 35.5. The van der Waals surface area contributed by atoms with E-state index in [1.807, 2.05) is 19.1 Å². The zero-order valence-corrected chi connectivity index (χ0v) is 17.8. The summed E-state index contributed by atoms with van der Waals surface area (Å²) in [6.07, 6.45) is 4.79. The van der Waals surface area contributed by atoms with Crippen molar-refractivity contribution in [1.29, 1.82) is 0 Å². The van der Waals surface area contributed by atoms with Gasteiger partial charge in [0.2, 0.25) is 5.82 Å². The Morgan fingerprint density at radius 2 is 2.06 bits per heavy atom. The van der Waals surface area contributed by atoms with Crippen molar-refractivity contribution in [3.05, 3.63) is 45.8 Å². The van der Waals surface area contributed by atoms with E-state index in [0.717, 1.165) is 24.8 Å². The number of aromatic nitrogens is 5.